The Labute approximate surface area is 109 Å². The Balaban J connectivity index is 2.76. The van der Waals surface area contributed by atoms with Crippen LogP contribution in [0, 0.1) is 11.3 Å². The maximum Gasteiger partial charge on any atom is 0.416 e. The van der Waals surface area contributed by atoms with Gasteiger partial charge in [-0.3, -0.25) is 4.79 Å². The number of halogens is 3. The molecule has 0 heterocycles. The van der Waals surface area contributed by atoms with E-state index in [1.165, 1.54) is 0 Å². The molecule has 1 N–H and O–H groups in total. The van der Waals surface area contributed by atoms with Gasteiger partial charge in [0.05, 0.1) is 18.1 Å². The van der Waals surface area contributed by atoms with Gasteiger partial charge in [0.15, 0.2) is 0 Å². The minimum Gasteiger partial charge on any atom is -0.348 e. The molecule has 3 nitrogen and oxygen atoms in total. The highest BCUT2D eigenvalue weighted by atomic mass is 19.4. The predicted octanol–water partition coefficient (Wildman–Crippen LogP) is 3.13. The lowest BCUT2D eigenvalue weighted by molar-refractivity contribution is -0.137. The number of nitriles is 1. The van der Waals surface area contributed by atoms with E-state index in [9.17, 15) is 18.0 Å². The van der Waals surface area contributed by atoms with Crippen LogP contribution in [0.3, 0.4) is 0 Å². The minimum absolute atomic E-state index is 0.143. The molecule has 19 heavy (non-hydrogen) atoms. The molecule has 1 rings (SSSR count). The molecule has 0 radical (unpaired) electrons. The highest BCUT2D eigenvalue weighted by Gasteiger charge is 2.30. The monoisotopic (exact) mass is 270 g/mol. The Hall–Kier alpha value is -2.03. The average molecular weight is 270 g/mol. The fourth-order valence-electron chi connectivity index (χ4n) is 1.49. The van der Waals surface area contributed by atoms with Crippen molar-refractivity contribution in [3.63, 3.8) is 0 Å². The lowest BCUT2D eigenvalue weighted by Crippen LogP contribution is -2.34. The number of amides is 1. The van der Waals surface area contributed by atoms with Crippen LogP contribution in [-0.2, 0) is 6.18 Å². The molecular weight excluding hydrogens is 257 g/mol. The third kappa shape index (κ3) is 4.28. The molecule has 6 heteroatoms. The van der Waals surface area contributed by atoms with E-state index in [2.05, 4.69) is 5.32 Å². The first-order chi connectivity index (χ1) is 8.88. The van der Waals surface area contributed by atoms with Crippen molar-refractivity contribution >= 4 is 5.91 Å². The van der Waals surface area contributed by atoms with Crippen LogP contribution < -0.4 is 5.32 Å². The van der Waals surface area contributed by atoms with Crippen molar-refractivity contribution in [3.05, 3.63) is 35.4 Å². The SMILES string of the molecule is CCC(CC#N)NC(=O)c1ccc(C(F)(F)F)cc1. The van der Waals surface area contributed by atoms with Crippen LogP contribution in [-0.4, -0.2) is 11.9 Å². The number of carbonyl (C=O) groups excluding carboxylic acids is 1. The van der Waals surface area contributed by atoms with Gasteiger partial charge in [-0.15, -0.1) is 0 Å². The third-order valence-corrected chi connectivity index (χ3v) is 2.64. The molecule has 0 aliphatic rings. The Bertz CT molecular complexity index is 474. The summed E-state index contributed by atoms with van der Waals surface area (Å²) in [6, 6.07) is 5.62. The van der Waals surface area contributed by atoms with Crippen LogP contribution in [0.1, 0.15) is 35.7 Å². The smallest absolute Gasteiger partial charge is 0.348 e. The van der Waals surface area contributed by atoms with Gasteiger partial charge in [-0.05, 0) is 30.7 Å². The van der Waals surface area contributed by atoms with Crippen molar-refractivity contribution in [1.82, 2.24) is 5.32 Å². The number of hydrogen-bond donors (Lipinski definition) is 1. The van der Waals surface area contributed by atoms with Crippen molar-refractivity contribution in [2.75, 3.05) is 0 Å². The van der Waals surface area contributed by atoms with E-state index in [4.69, 9.17) is 5.26 Å². The van der Waals surface area contributed by atoms with Gasteiger partial charge < -0.3 is 5.32 Å². The number of carbonyl (C=O) groups is 1. The molecule has 102 valence electrons. The molecule has 0 aliphatic carbocycles. The highest BCUT2D eigenvalue weighted by molar-refractivity contribution is 5.94. The Kier molecular flexibility index (Phi) is 4.93. The summed E-state index contributed by atoms with van der Waals surface area (Å²) in [5, 5.41) is 11.2. The van der Waals surface area contributed by atoms with Crippen LogP contribution in [0.4, 0.5) is 13.2 Å². The summed E-state index contributed by atoms with van der Waals surface area (Å²) in [4.78, 5) is 11.7. The molecule has 0 aliphatic heterocycles. The summed E-state index contributed by atoms with van der Waals surface area (Å²) >= 11 is 0. The fraction of sp³-hybridized carbons (Fsp3) is 0.385. The van der Waals surface area contributed by atoms with E-state index in [-0.39, 0.29) is 18.0 Å². The molecule has 0 bridgehead atoms. The standard InChI is InChI=1S/C13H13F3N2O/c1-2-11(7-8-17)18-12(19)9-3-5-10(6-4-9)13(14,15)16/h3-6,11H,2,7H2,1H3,(H,18,19). The number of rotatable bonds is 4. The van der Waals surface area contributed by atoms with Crippen LogP contribution >= 0.6 is 0 Å². The van der Waals surface area contributed by atoms with Gasteiger partial charge in [-0.25, -0.2) is 0 Å². The molecule has 1 atom stereocenters. The van der Waals surface area contributed by atoms with Crippen molar-refractivity contribution in [2.24, 2.45) is 0 Å². The fourth-order valence-corrected chi connectivity index (χ4v) is 1.49. The molecule has 0 fully saturated rings. The maximum atomic E-state index is 12.3. The zero-order valence-corrected chi connectivity index (χ0v) is 10.3. The molecular formula is C13H13F3N2O. The Morgan fingerprint density at radius 1 is 1.37 bits per heavy atom. The molecule has 0 aromatic heterocycles. The Morgan fingerprint density at radius 2 is 1.95 bits per heavy atom. The van der Waals surface area contributed by atoms with Crippen LogP contribution in [0.2, 0.25) is 0 Å². The van der Waals surface area contributed by atoms with Gasteiger partial charge in [0.1, 0.15) is 0 Å². The topological polar surface area (TPSA) is 52.9 Å². The zero-order valence-electron chi connectivity index (χ0n) is 10.3. The number of nitrogens with one attached hydrogen (secondary N) is 1. The van der Waals surface area contributed by atoms with Crippen molar-refractivity contribution < 1.29 is 18.0 Å². The predicted molar refractivity (Wildman–Crippen MR) is 63.2 cm³/mol. The number of nitrogens with zero attached hydrogens (tertiary/aromatic N) is 1. The summed E-state index contributed by atoms with van der Waals surface area (Å²) in [6.45, 7) is 1.81. The number of benzene rings is 1. The van der Waals surface area contributed by atoms with Gasteiger partial charge in [-0.2, -0.15) is 18.4 Å². The first-order valence-electron chi connectivity index (χ1n) is 5.73. The maximum absolute atomic E-state index is 12.3. The largest absolute Gasteiger partial charge is 0.416 e. The molecule has 1 unspecified atom stereocenters. The highest BCUT2D eigenvalue weighted by Crippen LogP contribution is 2.29. The van der Waals surface area contributed by atoms with Crippen molar-refractivity contribution in [2.45, 2.75) is 32.0 Å². The quantitative estimate of drug-likeness (QED) is 0.913. The summed E-state index contributed by atoms with van der Waals surface area (Å²) < 4.78 is 37.0. The van der Waals surface area contributed by atoms with Crippen LogP contribution in [0.5, 0.6) is 0 Å². The van der Waals surface area contributed by atoms with Crippen LogP contribution in [0.25, 0.3) is 0 Å². The second-order valence-corrected chi connectivity index (χ2v) is 4.02. The summed E-state index contributed by atoms with van der Waals surface area (Å²) in [6.07, 6.45) is -3.66. The average Bonchev–Trinajstić information content (AvgIpc) is 2.37. The second kappa shape index (κ2) is 6.23. The van der Waals surface area contributed by atoms with E-state index >= 15 is 0 Å². The second-order valence-electron chi connectivity index (χ2n) is 4.02. The third-order valence-electron chi connectivity index (χ3n) is 2.64. The van der Waals surface area contributed by atoms with Gasteiger partial charge >= 0.3 is 6.18 Å². The summed E-state index contributed by atoms with van der Waals surface area (Å²) in [5.41, 5.74) is -0.655. The van der Waals surface area contributed by atoms with E-state index in [0.29, 0.717) is 6.42 Å². The first-order valence-corrected chi connectivity index (χ1v) is 5.73. The molecule has 0 saturated heterocycles. The Morgan fingerprint density at radius 3 is 2.37 bits per heavy atom. The van der Waals surface area contributed by atoms with Crippen LogP contribution in [0.15, 0.2) is 24.3 Å². The normalized spacial score (nSPS) is 12.6. The zero-order chi connectivity index (χ0) is 14.5. The van der Waals surface area contributed by atoms with E-state index in [0.717, 1.165) is 24.3 Å². The summed E-state index contributed by atoms with van der Waals surface area (Å²) in [7, 11) is 0. The lowest BCUT2D eigenvalue weighted by atomic mass is 10.1. The van der Waals surface area contributed by atoms with E-state index in [1.807, 2.05) is 13.0 Å². The number of alkyl halides is 3. The van der Waals surface area contributed by atoms with E-state index in [1.54, 1.807) is 0 Å². The van der Waals surface area contributed by atoms with E-state index < -0.39 is 17.6 Å². The molecule has 1 aromatic rings. The number of hydrogen-bond acceptors (Lipinski definition) is 2. The molecule has 1 amide bonds. The molecule has 0 saturated carbocycles. The summed E-state index contributed by atoms with van der Waals surface area (Å²) in [5.74, 6) is -0.476. The van der Waals surface area contributed by atoms with Gasteiger partial charge in [0, 0.05) is 11.6 Å². The van der Waals surface area contributed by atoms with Gasteiger partial charge in [0.2, 0.25) is 0 Å². The first kappa shape index (κ1) is 15.0. The van der Waals surface area contributed by atoms with Crippen molar-refractivity contribution in [3.8, 4) is 6.07 Å². The van der Waals surface area contributed by atoms with Crippen molar-refractivity contribution in [1.29, 1.82) is 5.26 Å². The molecule has 1 aromatic carbocycles. The van der Waals surface area contributed by atoms with Gasteiger partial charge in [0.25, 0.3) is 5.91 Å². The van der Waals surface area contributed by atoms with Gasteiger partial charge in [-0.1, -0.05) is 6.92 Å². The minimum atomic E-state index is -4.41. The lowest BCUT2D eigenvalue weighted by Gasteiger charge is -2.14. The molecule has 0 spiro atoms.